The van der Waals surface area contributed by atoms with Crippen molar-refractivity contribution in [3.63, 3.8) is 0 Å². The van der Waals surface area contributed by atoms with Crippen LogP contribution in [0.25, 0.3) is 0 Å². The molecule has 0 aliphatic carbocycles. The molecule has 20 heavy (non-hydrogen) atoms. The van der Waals surface area contributed by atoms with Crippen molar-refractivity contribution in [1.82, 2.24) is 9.78 Å². The van der Waals surface area contributed by atoms with Gasteiger partial charge in [-0.05, 0) is 40.0 Å². The van der Waals surface area contributed by atoms with Crippen LogP contribution in [-0.4, -0.2) is 20.9 Å². The Bertz CT molecular complexity index is 573. The smallest absolute Gasteiger partial charge is 0.303 e. The van der Waals surface area contributed by atoms with Crippen molar-refractivity contribution in [3.8, 4) is 0 Å². The maximum atomic E-state index is 10.5. The fourth-order valence-electron chi connectivity index (χ4n) is 1.86. The SMILES string of the molecule is Cn1ncc(Br)c1CNc1ccc(CCC(=O)O)cc1. The van der Waals surface area contributed by atoms with Crippen LogP contribution in [0.2, 0.25) is 0 Å². The predicted molar refractivity (Wildman–Crippen MR) is 80.6 cm³/mol. The number of aromatic nitrogens is 2. The maximum absolute atomic E-state index is 10.5. The monoisotopic (exact) mass is 337 g/mol. The highest BCUT2D eigenvalue weighted by Crippen LogP contribution is 2.17. The standard InChI is InChI=1S/C14H16BrN3O2/c1-18-13(12(15)8-17-18)9-16-11-5-2-10(3-6-11)4-7-14(19)20/h2-3,5-6,8,16H,4,7,9H2,1H3,(H,19,20). The molecule has 0 aliphatic rings. The van der Waals surface area contributed by atoms with E-state index in [0.717, 1.165) is 21.4 Å². The van der Waals surface area contributed by atoms with E-state index in [1.807, 2.05) is 36.0 Å². The van der Waals surface area contributed by atoms with Gasteiger partial charge in [0, 0.05) is 19.2 Å². The first-order valence-corrected chi connectivity index (χ1v) is 7.06. The first-order valence-electron chi connectivity index (χ1n) is 6.27. The summed E-state index contributed by atoms with van der Waals surface area (Å²) in [5.41, 5.74) is 3.09. The molecule has 2 N–H and O–H groups in total. The molecular weight excluding hydrogens is 322 g/mol. The molecule has 1 aromatic carbocycles. The molecule has 0 fully saturated rings. The fourth-order valence-corrected chi connectivity index (χ4v) is 2.35. The van der Waals surface area contributed by atoms with Crippen LogP contribution in [0.4, 0.5) is 5.69 Å². The summed E-state index contributed by atoms with van der Waals surface area (Å²) in [6.45, 7) is 0.672. The lowest BCUT2D eigenvalue weighted by molar-refractivity contribution is -0.136. The van der Waals surface area contributed by atoms with Crippen molar-refractivity contribution in [1.29, 1.82) is 0 Å². The minimum atomic E-state index is -0.770. The van der Waals surface area contributed by atoms with Gasteiger partial charge >= 0.3 is 5.97 Å². The summed E-state index contributed by atoms with van der Waals surface area (Å²) >= 11 is 3.46. The molecule has 0 spiro atoms. The molecule has 0 unspecified atom stereocenters. The van der Waals surface area contributed by atoms with Gasteiger partial charge in [0.25, 0.3) is 0 Å². The van der Waals surface area contributed by atoms with Crippen LogP contribution in [0.15, 0.2) is 34.9 Å². The molecule has 106 valence electrons. The van der Waals surface area contributed by atoms with Crippen LogP contribution < -0.4 is 5.32 Å². The topological polar surface area (TPSA) is 67.2 Å². The molecule has 0 atom stereocenters. The number of aliphatic carboxylic acids is 1. The lowest BCUT2D eigenvalue weighted by Crippen LogP contribution is -2.06. The molecule has 1 aromatic heterocycles. The predicted octanol–water partition coefficient (Wildman–Crippen LogP) is 2.81. The summed E-state index contributed by atoms with van der Waals surface area (Å²) in [6, 6.07) is 7.82. The highest BCUT2D eigenvalue weighted by Gasteiger charge is 2.05. The van der Waals surface area contributed by atoms with Gasteiger partial charge in [-0.3, -0.25) is 9.48 Å². The zero-order chi connectivity index (χ0) is 14.5. The fraction of sp³-hybridized carbons (Fsp3) is 0.286. The highest BCUT2D eigenvalue weighted by atomic mass is 79.9. The van der Waals surface area contributed by atoms with Gasteiger partial charge in [0.05, 0.1) is 22.9 Å². The third kappa shape index (κ3) is 3.84. The van der Waals surface area contributed by atoms with Gasteiger partial charge < -0.3 is 10.4 Å². The summed E-state index contributed by atoms with van der Waals surface area (Å²) in [7, 11) is 1.90. The largest absolute Gasteiger partial charge is 0.481 e. The Labute approximate surface area is 125 Å². The Morgan fingerprint density at radius 1 is 1.40 bits per heavy atom. The van der Waals surface area contributed by atoms with Crippen LogP contribution in [0.3, 0.4) is 0 Å². The number of carbonyl (C=O) groups is 1. The normalized spacial score (nSPS) is 10.5. The summed E-state index contributed by atoms with van der Waals surface area (Å²) in [4.78, 5) is 10.5. The van der Waals surface area contributed by atoms with E-state index in [9.17, 15) is 4.79 Å². The number of nitrogens with one attached hydrogen (secondary N) is 1. The van der Waals surface area contributed by atoms with Crippen LogP contribution >= 0.6 is 15.9 Å². The molecule has 0 aliphatic heterocycles. The third-order valence-electron chi connectivity index (χ3n) is 3.05. The number of carboxylic acid groups (broad SMARTS) is 1. The summed E-state index contributed by atoms with van der Waals surface area (Å²) < 4.78 is 2.80. The van der Waals surface area contributed by atoms with Crippen LogP contribution in [0.1, 0.15) is 17.7 Å². The van der Waals surface area contributed by atoms with Crippen molar-refractivity contribution >= 4 is 27.6 Å². The van der Waals surface area contributed by atoms with E-state index in [-0.39, 0.29) is 6.42 Å². The van der Waals surface area contributed by atoms with Crippen molar-refractivity contribution in [3.05, 3.63) is 46.2 Å². The van der Waals surface area contributed by atoms with Crippen molar-refractivity contribution < 1.29 is 9.90 Å². The molecule has 0 amide bonds. The average Bonchev–Trinajstić information content (AvgIpc) is 2.75. The van der Waals surface area contributed by atoms with E-state index in [1.165, 1.54) is 0 Å². The average molecular weight is 338 g/mol. The molecule has 2 rings (SSSR count). The van der Waals surface area contributed by atoms with Gasteiger partial charge in [0.1, 0.15) is 0 Å². The number of halogens is 1. The van der Waals surface area contributed by atoms with Gasteiger partial charge in [-0.25, -0.2) is 0 Å². The molecule has 2 aromatic rings. The minimum absolute atomic E-state index is 0.161. The number of benzene rings is 1. The molecule has 0 saturated carbocycles. The van der Waals surface area contributed by atoms with Crippen molar-refractivity contribution in [2.45, 2.75) is 19.4 Å². The lowest BCUT2D eigenvalue weighted by Gasteiger charge is -2.08. The second-order valence-electron chi connectivity index (χ2n) is 4.51. The number of rotatable bonds is 6. The van der Waals surface area contributed by atoms with E-state index in [0.29, 0.717) is 13.0 Å². The maximum Gasteiger partial charge on any atom is 0.303 e. The zero-order valence-electron chi connectivity index (χ0n) is 11.1. The van der Waals surface area contributed by atoms with Gasteiger partial charge in [0.2, 0.25) is 0 Å². The van der Waals surface area contributed by atoms with E-state index < -0.39 is 5.97 Å². The molecule has 1 heterocycles. The molecular formula is C14H16BrN3O2. The number of carboxylic acids is 1. The third-order valence-corrected chi connectivity index (χ3v) is 3.71. The van der Waals surface area contributed by atoms with E-state index in [2.05, 4.69) is 26.3 Å². The second kappa shape index (κ2) is 6.56. The van der Waals surface area contributed by atoms with Crippen molar-refractivity contribution in [2.75, 3.05) is 5.32 Å². The quantitative estimate of drug-likeness (QED) is 0.850. The van der Waals surface area contributed by atoms with Crippen LogP contribution in [0.5, 0.6) is 0 Å². The number of hydrogen-bond acceptors (Lipinski definition) is 3. The summed E-state index contributed by atoms with van der Waals surface area (Å²) in [5, 5.41) is 16.1. The van der Waals surface area contributed by atoms with E-state index in [1.54, 1.807) is 6.20 Å². The van der Waals surface area contributed by atoms with Crippen molar-refractivity contribution in [2.24, 2.45) is 7.05 Å². The van der Waals surface area contributed by atoms with E-state index in [4.69, 9.17) is 5.11 Å². The molecule has 0 radical (unpaired) electrons. The first kappa shape index (κ1) is 14.6. The highest BCUT2D eigenvalue weighted by molar-refractivity contribution is 9.10. The Balaban J connectivity index is 1.92. The number of aryl methyl sites for hydroxylation is 2. The Morgan fingerprint density at radius 2 is 2.10 bits per heavy atom. The number of anilines is 1. The Hall–Kier alpha value is -1.82. The Kier molecular flexibility index (Phi) is 4.79. The van der Waals surface area contributed by atoms with Gasteiger partial charge in [-0.15, -0.1) is 0 Å². The summed E-state index contributed by atoms with van der Waals surface area (Å²) in [5.74, 6) is -0.770. The summed E-state index contributed by atoms with van der Waals surface area (Å²) in [6.07, 6.45) is 2.49. The zero-order valence-corrected chi connectivity index (χ0v) is 12.7. The van der Waals surface area contributed by atoms with Gasteiger partial charge in [-0.2, -0.15) is 5.10 Å². The van der Waals surface area contributed by atoms with Gasteiger partial charge in [-0.1, -0.05) is 12.1 Å². The Morgan fingerprint density at radius 3 is 2.65 bits per heavy atom. The van der Waals surface area contributed by atoms with Crippen LogP contribution in [0, 0.1) is 0 Å². The number of nitrogens with zero attached hydrogens (tertiary/aromatic N) is 2. The molecule has 0 saturated heterocycles. The molecule has 6 heteroatoms. The van der Waals surface area contributed by atoms with Crippen LogP contribution in [-0.2, 0) is 24.8 Å². The lowest BCUT2D eigenvalue weighted by atomic mass is 10.1. The van der Waals surface area contributed by atoms with Gasteiger partial charge in [0.15, 0.2) is 0 Å². The first-order chi connectivity index (χ1) is 9.56. The second-order valence-corrected chi connectivity index (χ2v) is 5.36. The minimum Gasteiger partial charge on any atom is -0.481 e. The van der Waals surface area contributed by atoms with E-state index >= 15 is 0 Å². The molecule has 0 bridgehead atoms. The molecule has 5 nitrogen and oxygen atoms in total. The number of hydrogen-bond donors (Lipinski definition) is 2.